The minimum Gasteiger partial charge on any atom is -0.478 e. The maximum atomic E-state index is 11.9. The van der Waals surface area contributed by atoms with Crippen LogP contribution in [-0.4, -0.2) is 33.4 Å². The van der Waals surface area contributed by atoms with Gasteiger partial charge in [0.05, 0.1) is 11.1 Å². The van der Waals surface area contributed by atoms with E-state index in [1.165, 1.54) is 42.7 Å². The average Bonchev–Trinajstić information content (AvgIpc) is 2.55. The van der Waals surface area contributed by atoms with E-state index in [9.17, 15) is 19.7 Å². The number of carboxylic acid groups (broad SMARTS) is 1. The molecule has 0 aliphatic heterocycles. The molecule has 0 spiro atoms. The Hall–Kier alpha value is -3.49. The monoisotopic (exact) mass is 332 g/mol. The van der Waals surface area contributed by atoms with Crippen molar-refractivity contribution in [2.75, 3.05) is 0 Å². The molecule has 0 aliphatic carbocycles. The molecule has 2 rings (SSSR count). The highest BCUT2D eigenvalue weighted by atomic mass is 17.0. The fraction of sp³-hybridized carbons (Fsp3) is 0.133. The Kier molecular flexibility index (Phi) is 5.40. The van der Waals surface area contributed by atoms with Crippen LogP contribution in [0.1, 0.15) is 26.3 Å². The van der Waals surface area contributed by atoms with E-state index >= 15 is 0 Å². The van der Waals surface area contributed by atoms with Gasteiger partial charge < -0.3 is 9.84 Å². The molecular weight excluding hydrogens is 320 g/mol. The molecule has 0 saturated heterocycles. The first kappa shape index (κ1) is 16.9. The highest BCUT2D eigenvalue weighted by Gasteiger charge is 2.21. The number of pyridine rings is 1. The highest BCUT2D eigenvalue weighted by molar-refractivity contribution is 5.89. The number of rotatable bonds is 7. The van der Waals surface area contributed by atoms with Gasteiger partial charge >= 0.3 is 11.9 Å². The average molecular weight is 332 g/mol. The number of esters is 1. The van der Waals surface area contributed by atoms with E-state index in [4.69, 9.17) is 9.84 Å². The smallest absolute Gasteiger partial charge is 0.341 e. The molecule has 1 heterocycles. The number of carboxylic acids is 1. The van der Waals surface area contributed by atoms with Crippen LogP contribution in [0.25, 0.3) is 0 Å². The Balaban J connectivity index is 2.13. The molecule has 9 heteroatoms. The number of carbonyl (C=O) groups excluding carboxylic acids is 1. The molecule has 1 aromatic heterocycles. The van der Waals surface area contributed by atoms with Crippen molar-refractivity contribution in [3.05, 3.63) is 75.6 Å². The van der Waals surface area contributed by atoms with Crippen molar-refractivity contribution in [3.63, 3.8) is 0 Å². The molecule has 1 atom stereocenters. The SMILES string of the molecule is O=C(O)c1cccc(CC(OC(=O)c2cccnc2)O[N+](=O)[O-])c1. The van der Waals surface area contributed by atoms with E-state index in [1.807, 2.05) is 0 Å². The Bertz CT molecular complexity index is 748. The molecular formula is C15H12N2O7. The van der Waals surface area contributed by atoms with Crippen molar-refractivity contribution in [3.8, 4) is 0 Å². The van der Waals surface area contributed by atoms with Crippen molar-refractivity contribution in [1.29, 1.82) is 0 Å². The second-order valence-corrected chi connectivity index (χ2v) is 4.62. The largest absolute Gasteiger partial charge is 0.478 e. The van der Waals surface area contributed by atoms with Gasteiger partial charge in [-0.05, 0) is 29.8 Å². The summed E-state index contributed by atoms with van der Waals surface area (Å²) in [6, 6.07) is 8.65. The minimum absolute atomic E-state index is 0.00550. The van der Waals surface area contributed by atoms with Crippen molar-refractivity contribution in [2.24, 2.45) is 0 Å². The van der Waals surface area contributed by atoms with Crippen LogP contribution in [0.2, 0.25) is 0 Å². The molecule has 0 fully saturated rings. The van der Waals surface area contributed by atoms with Gasteiger partial charge in [-0.25, -0.2) is 9.59 Å². The van der Waals surface area contributed by atoms with Gasteiger partial charge in [-0.15, -0.1) is 10.1 Å². The third-order valence-corrected chi connectivity index (χ3v) is 2.92. The summed E-state index contributed by atoms with van der Waals surface area (Å²) in [5.41, 5.74) is 0.514. The van der Waals surface area contributed by atoms with Crippen LogP contribution in [0.15, 0.2) is 48.8 Å². The van der Waals surface area contributed by atoms with Gasteiger partial charge in [0.1, 0.15) is 0 Å². The lowest BCUT2D eigenvalue weighted by Gasteiger charge is -2.16. The zero-order valence-electron chi connectivity index (χ0n) is 12.2. The van der Waals surface area contributed by atoms with Crippen molar-refractivity contribution >= 4 is 11.9 Å². The Morgan fingerprint density at radius 2 is 2.00 bits per heavy atom. The summed E-state index contributed by atoms with van der Waals surface area (Å²) in [6.45, 7) is 0. The highest BCUT2D eigenvalue weighted by Crippen LogP contribution is 2.13. The van der Waals surface area contributed by atoms with E-state index < -0.39 is 23.3 Å². The summed E-state index contributed by atoms with van der Waals surface area (Å²) in [5.74, 6) is -1.99. The first-order chi connectivity index (χ1) is 11.5. The lowest BCUT2D eigenvalue weighted by molar-refractivity contribution is -0.778. The first-order valence-corrected chi connectivity index (χ1v) is 6.70. The molecule has 0 bridgehead atoms. The number of aromatic nitrogens is 1. The third kappa shape index (κ3) is 4.77. The minimum atomic E-state index is -1.52. The van der Waals surface area contributed by atoms with Gasteiger partial charge in [-0.3, -0.25) is 9.82 Å². The van der Waals surface area contributed by atoms with Gasteiger partial charge in [0, 0.05) is 18.8 Å². The van der Waals surface area contributed by atoms with Gasteiger partial charge in [0.2, 0.25) is 0 Å². The predicted octanol–water partition coefficient (Wildman–Crippen LogP) is 1.71. The Labute approximate surface area is 135 Å². The molecule has 24 heavy (non-hydrogen) atoms. The molecule has 0 aliphatic rings. The van der Waals surface area contributed by atoms with Crippen molar-refractivity contribution in [2.45, 2.75) is 12.7 Å². The topological polar surface area (TPSA) is 129 Å². The van der Waals surface area contributed by atoms with Crippen LogP contribution in [0.3, 0.4) is 0 Å². The molecule has 0 saturated carbocycles. The molecule has 0 radical (unpaired) electrons. The zero-order valence-corrected chi connectivity index (χ0v) is 12.2. The van der Waals surface area contributed by atoms with Crippen LogP contribution < -0.4 is 0 Å². The summed E-state index contributed by atoms with van der Waals surface area (Å²) in [6.07, 6.45) is 1.00. The standard InChI is InChI=1S/C15H12N2O7/c18-14(19)11-4-1-3-10(7-11)8-13(24-17(21)22)23-15(20)12-5-2-6-16-9-12/h1-7,9,13H,8H2,(H,18,19). The molecule has 1 unspecified atom stereocenters. The second kappa shape index (κ2) is 7.68. The maximum absolute atomic E-state index is 11.9. The number of hydrogen-bond donors (Lipinski definition) is 1. The number of aromatic carboxylic acids is 1. The summed E-state index contributed by atoms with van der Waals surface area (Å²) >= 11 is 0. The van der Waals surface area contributed by atoms with Crippen LogP contribution in [0, 0.1) is 10.1 Å². The number of hydrogen-bond acceptors (Lipinski definition) is 7. The maximum Gasteiger partial charge on any atom is 0.341 e. The van der Waals surface area contributed by atoms with E-state index in [0.717, 1.165) is 0 Å². The van der Waals surface area contributed by atoms with E-state index in [2.05, 4.69) is 9.82 Å². The molecule has 9 nitrogen and oxygen atoms in total. The van der Waals surface area contributed by atoms with E-state index in [1.54, 1.807) is 6.07 Å². The van der Waals surface area contributed by atoms with Gasteiger partial charge in [0.25, 0.3) is 11.4 Å². The first-order valence-electron chi connectivity index (χ1n) is 6.70. The molecule has 1 aromatic carbocycles. The normalized spacial score (nSPS) is 11.3. The van der Waals surface area contributed by atoms with E-state index in [-0.39, 0.29) is 17.5 Å². The Morgan fingerprint density at radius 1 is 1.25 bits per heavy atom. The predicted molar refractivity (Wildman–Crippen MR) is 78.6 cm³/mol. The van der Waals surface area contributed by atoms with Crippen LogP contribution in [-0.2, 0) is 16.0 Å². The molecule has 0 amide bonds. The summed E-state index contributed by atoms with van der Waals surface area (Å²) in [5, 5.41) is 18.4. The Morgan fingerprint density at radius 3 is 2.62 bits per heavy atom. The zero-order chi connectivity index (χ0) is 17.5. The fourth-order valence-corrected chi connectivity index (χ4v) is 1.89. The number of nitrogens with zero attached hydrogens (tertiary/aromatic N) is 2. The third-order valence-electron chi connectivity index (χ3n) is 2.92. The van der Waals surface area contributed by atoms with Gasteiger partial charge in [-0.1, -0.05) is 12.1 Å². The van der Waals surface area contributed by atoms with Crippen LogP contribution >= 0.6 is 0 Å². The van der Waals surface area contributed by atoms with Crippen molar-refractivity contribution < 1.29 is 29.4 Å². The molecule has 1 N–H and O–H groups in total. The number of ether oxygens (including phenoxy) is 1. The summed E-state index contributed by atoms with van der Waals surface area (Å²) < 4.78 is 4.96. The lowest BCUT2D eigenvalue weighted by Crippen LogP contribution is -2.26. The summed E-state index contributed by atoms with van der Waals surface area (Å²) in [7, 11) is 0. The lowest BCUT2D eigenvalue weighted by atomic mass is 10.1. The second-order valence-electron chi connectivity index (χ2n) is 4.62. The van der Waals surface area contributed by atoms with Crippen LogP contribution in [0.4, 0.5) is 0 Å². The van der Waals surface area contributed by atoms with Crippen LogP contribution in [0.5, 0.6) is 0 Å². The quantitative estimate of drug-likeness (QED) is 0.351. The van der Waals surface area contributed by atoms with Crippen molar-refractivity contribution in [1.82, 2.24) is 4.98 Å². The van der Waals surface area contributed by atoms with Gasteiger partial charge in [-0.2, -0.15) is 0 Å². The summed E-state index contributed by atoms with van der Waals surface area (Å²) in [4.78, 5) is 41.6. The van der Waals surface area contributed by atoms with E-state index in [0.29, 0.717) is 5.56 Å². The number of benzene rings is 1. The molecule has 124 valence electrons. The van der Waals surface area contributed by atoms with Gasteiger partial charge in [0.15, 0.2) is 0 Å². The number of carbonyl (C=O) groups is 2. The molecule has 2 aromatic rings. The fourth-order valence-electron chi connectivity index (χ4n) is 1.89.